The van der Waals surface area contributed by atoms with Gasteiger partial charge in [0.25, 0.3) is 5.91 Å². The Labute approximate surface area is 211 Å². The minimum Gasteiger partial charge on any atom is -0.378 e. The van der Waals surface area contributed by atoms with E-state index in [1.807, 2.05) is 25.3 Å². The molecule has 3 N–H and O–H groups in total. The Morgan fingerprint density at radius 3 is 2.62 bits per heavy atom. The highest BCUT2D eigenvalue weighted by Gasteiger charge is 2.35. The van der Waals surface area contributed by atoms with Crippen LogP contribution in [0.5, 0.6) is 0 Å². The molecule has 0 spiro atoms. The van der Waals surface area contributed by atoms with Gasteiger partial charge in [-0.1, -0.05) is 6.07 Å². The lowest BCUT2D eigenvalue weighted by molar-refractivity contribution is -0.137. The predicted octanol–water partition coefficient (Wildman–Crippen LogP) is 4.33. The Hall–Kier alpha value is -4.09. The monoisotopic (exact) mass is 510 g/mol. The van der Waals surface area contributed by atoms with E-state index < -0.39 is 17.6 Å². The van der Waals surface area contributed by atoms with Gasteiger partial charge in [0.15, 0.2) is 0 Å². The maximum Gasteiger partial charge on any atom is 0.418 e. The number of amides is 1. The largest absolute Gasteiger partial charge is 0.418 e. The Kier molecular flexibility index (Phi) is 6.72. The van der Waals surface area contributed by atoms with Gasteiger partial charge in [-0.25, -0.2) is 0 Å². The normalized spacial score (nSPS) is 15.8. The van der Waals surface area contributed by atoms with Crippen LogP contribution in [0.25, 0.3) is 5.70 Å². The van der Waals surface area contributed by atoms with E-state index >= 15 is 0 Å². The summed E-state index contributed by atoms with van der Waals surface area (Å²) in [5, 5.41) is 4.34. The second kappa shape index (κ2) is 10.1. The summed E-state index contributed by atoms with van der Waals surface area (Å²) in [6.45, 7) is 3.38. The number of ether oxygens (including phenoxy) is 1. The summed E-state index contributed by atoms with van der Waals surface area (Å²) >= 11 is 0. The minimum atomic E-state index is -4.57. The predicted molar refractivity (Wildman–Crippen MR) is 135 cm³/mol. The summed E-state index contributed by atoms with van der Waals surface area (Å²) in [5.74, 6) is -0.517. The number of halogens is 3. The average molecular weight is 511 g/mol. The topological polar surface area (TPSA) is 81.8 Å². The molecule has 2 aliphatic heterocycles. The van der Waals surface area contributed by atoms with E-state index in [-0.39, 0.29) is 11.4 Å². The fourth-order valence-corrected chi connectivity index (χ4v) is 4.25. The van der Waals surface area contributed by atoms with Crippen LogP contribution in [0.3, 0.4) is 0 Å². The summed E-state index contributed by atoms with van der Waals surface area (Å²) in [6.07, 6.45) is 0.670. The molecule has 3 heterocycles. The lowest BCUT2D eigenvalue weighted by atomic mass is 10.1. The van der Waals surface area contributed by atoms with Crippen LogP contribution in [0.15, 0.2) is 67.1 Å². The molecule has 1 saturated heterocycles. The van der Waals surface area contributed by atoms with Crippen molar-refractivity contribution in [1.82, 2.24) is 15.9 Å². The second-order valence-corrected chi connectivity index (χ2v) is 8.68. The average Bonchev–Trinajstić information content (AvgIpc) is 3.39. The molecule has 37 heavy (non-hydrogen) atoms. The van der Waals surface area contributed by atoms with Crippen molar-refractivity contribution < 1.29 is 22.7 Å². The lowest BCUT2D eigenvalue weighted by Gasteiger charge is -2.31. The minimum absolute atomic E-state index is 0.0659. The third-order valence-corrected chi connectivity index (χ3v) is 6.18. The van der Waals surface area contributed by atoms with E-state index in [0.29, 0.717) is 37.6 Å². The number of hydrazine groups is 2. The van der Waals surface area contributed by atoms with Gasteiger partial charge in [0.1, 0.15) is 0 Å². The Morgan fingerprint density at radius 1 is 1.08 bits per heavy atom. The van der Waals surface area contributed by atoms with Crippen molar-refractivity contribution >= 4 is 28.7 Å². The number of anilines is 3. The van der Waals surface area contributed by atoms with Crippen LogP contribution in [0.4, 0.5) is 30.2 Å². The van der Waals surface area contributed by atoms with Crippen molar-refractivity contribution in [3.63, 3.8) is 0 Å². The van der Waals surface area contributed by atoms with Crippen molar-refractivity contribution in [2.45, 2.75) is 13.1 Å². The molecule has 1 fully saturated rings. The summed E-state index contributed by atoms with van der Waals surface area (Å²) < 4.78 is 46.9. The van der Waals surface area contributed by atoms with E-state index in [9.17, 15) is 18.0 Å². The van der Waals surface area contributed by atoms with Crippen LogP contribution >= 0.6 is 0 Å². The van der Waals surface area contributed by atoms with E-state index in [2.05, 4.69) is 21.3 Å². The van der Waals surface area contributed by atoms with Crippen molar-refractivity contribution in [1.29, 1.82) is 0 Å². The van der Waals surface area contributed by atoms with Crippen molar-refractivity contribution in [2.75, 3.05) is 41.5 Å². The number of aromatic nitrogens is 1. The summed E-state index contributed by atoms with van der Waals surface area (Å²) in [4.78, 5) is 18.8. The molecule has 0 radical (unpaired) electrons. The third-order valence-electron chi connectivity index (χ3n) is 6.18. The molecule has 3 aromatic rings. The molecule has 1 aromatic heterocycles. The molecule has 11 heteroatoms. The molecule has 0 unspecified atom stereocenters. The zero-order chi connectivity index (χ0) is 26.0. The van der Waals surface area contributed by atoms with Gasteiger partial charge in [-0.15, -0.1) is 5.53 Å². The lowest BCUT2D eigenvalue weighted by Crippen LogP contribution is -2.37. The first-order valence-electron chi connectivity index (χ1n) is 11.7. The molecule has 2 aliphatic rings. The van der Waals surface area contributed by atoms with Gasteiger partial charge in [0, 0.05) is 54.2 Å². The van der Waals surface area contributed by atoms with Gasteiger partial charge in [0.2, 0.25) is 0 Å². The number of nitrogens with one attached hydrogen (secondary N) is 3. The number of carbonyl (C=O) groups excluding carboxylic acids is 1. The van der Waals surface area contributed by atoms with Crippen molar-refractivity contribution in [2.24, 2.45) is 0 Å². The number of pyridine rings is 1. The molecular weight excluding hydrogens is 485 g/mol. The highest BCUT2D eigenvalue weighted by molar-refractivity contribution is 6.05. The Bertz CT molecular complexity index is 1320. The molecule has 5 rings (SSSR count). The maximum absolute atomic E-state index is 13.9. The zero-order valence-electron chi connectivity index (χ0n) is 20.0. The quantitative estimate of drug-likeness (QED) is 0.472. The summed E-state index contributed by atoms with van der Waals surface area (Å²) in [5.41, 5.74) is 9.03. The fourth-order valence-electron chi connectivity index (χ4n) is 4.25. The number of hydrogen-bond acceptors (Lipinski definition) is 7. The van der Waals surface area contributed by atoms with Gasteiger partial charge in [0.05, 0.1) is 30.2 Å². The maximum atomic E-state index is 13.9. The highest BCUT2D eigenvalue weighted by Crippen LogP contribution is 2.38. The van der Waals surface area contributed by atoms with E-state index in [4.69, 9.17) is 4.74 Å². The number of morpholine rings is 1. The van der Waals surface area contributed by atoms with Crippen LogP contribution in [-0.2, 0) is 10.9 Å². The molecule has 8 nitrogen and oxygen atoms in total. The van der Waals surface area contributed by atoms with Gasteiger partial charge < -0.3 is 20.4 Å². The van der Waals surface area contributed by atoms with Crippen LogP contribution in [-0.4, -0.2) is 37.2 Å². The zero-order valence-corrected chi connectivity index (χ0v) is 20.0. The molecular formula is C26H25F3N6O2. The molecule has 0 atom stereocenters. The number of hydrogen-bond donors (Lipinski definition) is 3. The number of rotatable bonds is 5. The number of carbonyl (C=O) groups is 1. The third kappa shape index (κ3) is 5.37. The second-order valence-electron chi connectivity index (χ2n) is 8.68. The van der Waals surface area contributed by atoms with E-state index in [0.717, 1.165) is 22.9 Å². The molecule has 2 aromatic carbocycles. The first-order chi connectivity index (χ1) is 17.8. The van der Waals surface area contributed by atoms with Gasteiger partial charge in [-0.3, -0.25) is 14.8 Å². The van der Waals surface area contributed by atoms with Gasteiger partial charge in [-0.2, -0.15) is 13.2 Å². The SMILES string of the molecule is Cc1ccc(C(=O)Nc2ccc(N3CCOCC3)c(C(F)(F)F)c2)cc1N1C=C(c2cccnc2)NN1. The number of nitrogens with zero attached hydrogens (tertiary/aromatic N) is 3. The van der Waals surface area contributed by atoms with Gasteiger partial charge >= 0.3 is 6.18 Å². The van der Waals surface area contributed by atoms with Crippen molar-refractivity contribution in [3.8, 4) is 0 Å². The smallest absolute Gasteiger partial charge is 0.378 e. The molecule has 192 valence electrons. The highest BCUT2D eigenvalue weighted by atomic mass is 19.4. The van der Waals surface area contributed by atoms with Crippen LogP contribution in [0.1, 0.15) is 27.0 Å². The van der Waals surface area contributed by atoms with Gasteiger partial charge in [-0.05, 0) is 55.0 Å². The molecule has 0 saturated carbocycles. The first-order valence-corrected chi connectivity index (χ1v) is 11.7. The first kappa shape index (κ1) is 24.6. The Morgan fingerprint density at radius 2 is 1.89 bits per heavy atom. The summed E-state index contributed by atoms with van der Waals surface area (Å²) in [7, 11) is 0. The van der Waals surface area contributed by atoms with Crippen LogP contribution in [0, 0.1) is 6.92 Å². The van der Waals surface area contributed by atoms with E-state index in [1.54, 1.807) is 40.5 Å². The number of aryl methyl sites for hydroxylation is 1. The standard InChI is InChI=1S/C26H25F3N6O2/c1-17-4-5-18(13-24(17)35-16-22(32-33-35)19-3-2-8-30-15-19)25(36)31-20-6-7-23(21(14-20)26(27,28)29)34-9-11-37-12-10-34/h2-8,13-16,32-33H,9-12H2,1H3,(H,31,36). The molecule has 1 amide bonds. The van der Waals surface area contributed by atoms with Crippen LogP contribution < -0.4 is 26.2 Å². The molecule has 0 aliphatic carbocycles. The number of benzene rings is 2. The van der Waals surface area contributed by atoms with E-state index in [1.165, 1.54) is 12.1 Å². The fraction of sp³-hybridized carbons (Fsp3) is 0.231. The Balaban J connectivity index is 1.37. The van der Waals surface area contributed by atoms with Crippen LogP contribution in [0.2, 0.25) is 0 Å². The summed E-state index contributed by atoms with van der Waals surface area (Å²) in [6, 6.07) is 12.7. The number of alkyl halides is 3. The molecule has 0 bridgehead atoms. The van der Waals surface area contributed by atoms with Crippen molar-refractivity contribution in [3.05, 3.63) is 89.4 Å².